The van der Waals surface area contributed by atoms with E-state index in [1.165, 1.54) is 0 Å². The number of hydrogen-bond acceptors (Lipinski definition) is 10. The number of carbonyl (C=O) groups excluding carboxylic acids is 1. The Balaban J connectivity index is 1.04. The van der Waals surface area contributed by atoms with Crippen molar-refractivity contribution in [3.8, 4) is 40.1 Å². The van der Waals surface area contributed by atoms with Gasteiger partial charge in [-0.05, 0) is 85.3 Å². The molecule has 12 nitrogen and oxygen atoms in total. The van der Waals surface area contributed by atoms with E-state index in [2.05, 4.69) is 23.1 Å². The van der Waals surface area contributed by atoms with Crippen LogP contribution < -0.4 is 0 Å². The molecule has 0 bridgehead atoms. The molecule has 0 radical (unpaired) electrons. The standard InChI is InChI=1S/C39H38N6O6/c1-22-28(5-3-7-30(22)37-42-33-19-45(20-34(33)50-37)35(47)21-44-12-10-27(46)18-44)29-6-4-8-31(23(29)2)38-41-32-14-24(13-26(15-40)36(32)51-38)16-43-11-9-25(17-43)39(48)49/h3-8,13-14,25,27,46H,9-12,16-21H2,1-2H3,(H,48,49)/t25-,27-/m1/s1. The Hall–Kier alpha value is -5.35. The zero-order valence-corrected chi connectivity index (χ0v) is 28.6. The van der Waals surface area contributed by atoms with E-state index in [1.807, 2.05) is 49.1 Å². The fourth-order valence-electron chi connectivity index (χ4n) is 7.71. The molecule has 2 atom stereocenters. The van der Waals surface area contributed by atoms with Crippen molar-refractivity contribution in [2.75, 3.05) is 32.7 Å². The number of fused-ring (bicyclic) bond motifs is 2. The number of hydrogen-bond donors (Lipinski definition) is 2. The fourth-order valence-corrected chi connectivity index (χ4v) is 7.71. The molecule has 5 heterocycles. The summed E-state index contributed by atoms with van der Waals surface area (Å²) in [5, 5.41) is 29.2. The van der Waals surface area contributed by atoms with E-state index in [-0.39, 0.29) is 24.5 Å². The summed E-state index contributed by atoms with van der Waals surface area (Å²) in [7, 11) is 0. The molecular weight excluding hydrogens is 648 g/mol. The van der Waals surface area contributed by atoms with Crippen LogP contribution in [0.1, 0.15) is 46.5 Å². The molecule has 2 aromatic heterocycles. The summed E-state index contributed by atoms with van der Waals surface area (Å²) in [5.74, 6) is 0.502. The molecular formula is C39H38N6O6. The molecule has 0 aliphatic carbocycles. The van der Waals surface area contributed by atoms with Gasteiger partial charge in [0.25, 0.3) is 0 Å². The van der Waals surface area contributed by atoms with Gasteiger partial charge in [-0.2, -0.15) is 5.26 Å². The van der Waals surface area contributed by atoms with Gasteiger partial charge in [0.2, 0.25) is 17.7 Å². The first-order valence-corrected chi connectivity index (χ1v) is 17.3. The van der Waals surface area contributed by atoms with Gasteiger partial charge in [-0.15, -0.1) is 0 Å². The van der Waals surface area contributed by atoms with E-state index in [0.29, 0.717) is 86.3 Å². The minimum atomic E-state index is -0.773. The number of β-amino-alcohol motifs (C(OH)–C–C–N with tert-alkyl or cyclic N) is 1. The first-order chi connectivity index (χ1) is 24.6. The molecule has 1 amide bonds. The van der Waals surface area contributed by atoms with Crippen molar-refractivity contribution in [3.05, 3.63) is 82.2 Å². The third-order valence-corrected chi connectivity index (χ3v) is 10.5. The van der Waals surface area contributed by atoms with Crippen molar-refractivity contribution in [2.45, 2.75) is 52.4 Å². The van der Waals surface area contributed by atoms with Gasteiger partial charge in [0, 0.05) is 37.3 Å². The summed E-state index contributed by atoms with van der Waals surface area (Å²) in [6, 6.07) is 18.0. The van der Waals surface area contributed by atoms with Crippen LogP contribution in [0, 0.1) is 31.1 Å². The molecule has 5 aromatic rings. The summed E-state index contributed by atoms with van der Waals surface area (Å²) in [5.41, 5.74) is 8.72. The van der Waals surface area contributed by atoms with Gasteiger partial charge in [0.1, 0.15) is 23.0 Å². The Morgan fingerprint density at radius 1 is 0.902 bits per heavy atom. The Morgan fingerprint density at radius 2 is 1.59 bits per heavy atom. The van der Waals surface area contributed by atoms with Crippen LogP contribution in [-0.2, 0) is 29.2 Å². The molecule has 3 aliphatic heterocycles. The highest BCUT2D eigenvalue weighted by molar-refractivity contribution is 5.85. The Kier molecular flexibility index (Phi) is 8.42. The first-order valence-electron chi connectivity index (χ1n) is 17.3. The largest absolute Gasteiger partial charge is 0.481 e. The summed E-state index contributed by atoms with van der Waals surface area (Å²) >= 11 is 0. The molecule has 51 heavy (non-hydrogen) atoms. The number of aliphatic carboxylic acids is 1. The lowest BCUT2D eigenvalue weighted by molar-refractivity contribution is -0.141. The summed E-state index contributed by atoms with van der Waals surface area (Å²) in [6.07, 6.45) is 0.945. The maximum atomic E-state index is 12.9. The number of rotatable bonds is 8. The minimum Gasteiger partial charge on any atom is -0.481 e. The molecule has 8 rings (SSSR count). The van der Waals surface area contributed by atoms with Crippen molar-refractivity contribution in [1.29, 1.82) is 5.26 Å². The Bertz CT molecular complexity index is 2210. The first kappa shape index (κ1) is 32.8. The summed E-state index contributed by atoms with van der Waals surface area (Å²) < 4.78 is 12.5. The van der Waals surface area contributed by atoms with Crippen molar-refractivity contribution >= 4 is 23.0 Å². The van der Waals surface area contributed by atoms with Crippen LogP contribution in [-0.4, -0.2) is 85.6 Å². The number of aliphatic hydroxyl groups excluding tert-OH is 1. The van der Waals surface area contributed by atoms with Crippen molar-refractivity contribution in [3.63, 3.8) is 0 Å². The second-order valence-corrected chi connectivity index (χ2v) is 14.0. The van der Waals surface area contributed by atoms with E-state index in [9.17, 15) is 25.1 Å². The molecule has 0 saturated carbocycles. The number of aromatic nitrogens is 2. The van der Waals surface area contributed by atoms with Gasteiger partial charge in [0.15, 0.2) is 5.58 Å². The maximum absolute atomic E-state index is 12.9. The van der Waals surface area contributed by atoms with E-state index in [4.69, 9.17) is 18.8 Å². The zero-order valence-electron chi connectivity index (χ0n) is 28.6. The van der Waals surface area contributed by atoms with Crippen LogP contribution in [0.25, 0.3) is 45.1 Å². The number of carboxylic acid groups (broad SMARTS) is 1. The number of likely N-dealkylation sites (tertiary alicyclic amines) is 2. The Labute approximate surface area is 294 Å². The van der Waals surface area contributed by atoms with E-state index in [1.54, 1.807) is 11.0 Å². The van der Waals surface area contributed by atoms with Crippen molar-refractivity contribution in [2.24, 2.45) is 5.92 Å². The monoisotopic (exact) mass is 686 g/mol. The van der Waals surface area contributed by atoms with Crippen molar-refractivity contribution in [1.82, 2.24) is 24.7 Å². The van der Waals surface area contributed by atoms with Crippen LogP contribution in [0.5, 0.6) is 0 Å². The molecule has 3 aromatic carbocycles. The van der Waals surface area contributed by atoms with Gasteiger partial charge in [0.05, 0.1) is 37.2 Å². The second kappa shape index (κ2) is 13.1. The molecule has 2 N–H and O–H groups in total. The highest BCUT2D eigenvalue weighted by Crippen LogP contribution is 2.39. The van der Waals surface area contributed by atoms with Gasteiger partial charge in [-0.3, -0.25) is 19.4 Å². The number of benzene rings is 3. The van der Waals surface area contributed by atoms with Crippen LogP contribution in [0.4, 0.5) is 0 Å². The molecule has 0 spiro atoms. The predicted octanol–water partition coefficient (Wildman–Crippen LogP) is 5.12. The highest BCUT2D eigenvalue weighted by atomic mass is 16.4. The quantitative estimate of drug-likeness (QED) is 0.223. The number of carbonyl (C=O) groups is 2. The molecule has 0 unspecified atom stereocenters. The number of aliphatic hydroxyl groups is 1. The fraction of sp³-hybridized carbons (Fsp3) is 0.359. The lowest BCUT2D eigenvalue weighted by Gasteiger charge is -2.20. The van der Waals surface area contributed by atoms with Crippen LogP contribution in [0.3, 0.4) is 0 Å². The number of amides is 1. The number of nitriles is 1. The SMILES string of the molecule is Cc1c(-c2nc3c(o2)CN(C(=O)CN2CC[C@@H](O)C2)C3)cccc1-c1cccc(-c2nc3cc(CN4CC[C@@H](C(=O)O)C4)cc(C#N)c3o2)c1C. The van der Waals surface area contributed by atoms with Crippen molar-refractivity contribution < 1.29 is 28.6 Å². The Morgan fingerprint density at radius 3 is 2.22 bits per heavy atom. The molecule has 260 valence electrons. The highest BCUT2D eigenvalue weighted by Gasteiger charge is 2.32. The normalized spacial score (nSPS) is 19.2. The topological polar surface area (TPSA) is 160 Å². The number of oxazole rings is 2. The number of carboxylic acids is 1. The van der Waals surface area contributed by atoms with Gasteiger partial charge < -0.3 is 23.9 Å². The summed E-state index contributed by atoms with van der Waals surface area (Å²) in [6.45, 7) is 8.10. The predicted molar refractivity (Wildman–Crippen MR) is 187 cm³/mol. The molecule has 2 saturated heterocycles. The van der Waals surface area contributed by atoms with Gasteiger partial charge >= 0.3 is 5.97 Å². The van der Waals surface area contributed by atoms with Gasteiger partial charge in [-0.1, -0.05) is 24.3 Å². The maximum Gasteiger partial charge on any atom is 0.307 e. The average molecular weight is 687 g/mol. The lowest BCUT2D eigenvalue weighted by Crippen LogP contribution is -2.37. The second-order valence-electron chi connectivity index (χ2n) is 14.0. The molecule has 3 aliphatic rings. The minimum absolute atomic E-state index is 0.00775. The van der Waals surface area contributed by atoms with Crippen LogP contribution in [0.15, 0.2) is 57.4 Å². The van der Waals surface area contributed by atoms with Gasteiger partial charge in [-0.25, -0.2) is 9.97 Å². The third kappa shape index (κ3) is 6.18. The van der Waals surface area contributed by atoms with E-state index < -0.39 is 5.97 Å². The molecule has 12 heteroatoms. The van der Waals surface area contributed by atoms with E-state index >= 15 is 0 Å². The van der Waals surface area contributed by atoms with E-state index in [0.717, 1.165) is 51.2 Å². The number of nitrogens with zero attached hydrogens (tertiary/aromatic N) is 6. The average Bonchev–Trinajstić information content (AvgIpc) is 3.94. The third-order valence-electron chi connectivity index (χ3n) is 10.5. The smallest absolute Gasteiger partial charge is 0.307 e. The lowest BCUT2D eigenvalue weighted by atomic mass is 9.91. The molecule has 2 fully saturated rings. The van der Waals surface area contributed by atoms with Crippen LogP contribution >= 0.6 is 0 Å². The summed E-state index contributed by atoms with van der Waals surface area (Å²) in [4.78, 5) is 39.9. The zero-order chi connectivity index (χ0) is 35.4. The van der Waals surface area contributed by atoms with Crippen LogP contribution in [0.2, 0.25) is 0 Å².